The maximum Gasteiger partial charge on any atom is 0.332 e. The molecule has 6 nitrogen and oxygen atoms in total. The Bertz CT molecular complexity index is 1190. The summed E-state index contributed by atoms with van der Waals surface area (Å²) in [5.41, 5.74) is -0.646. The van der Waals surface area contributed by atoms with Gasteiger partial charge in [-0.05, 0) is 36.8 Å². The third-order valence-electron chi connectivity index (χ3n) is 4.39. The van der Waals surface area contributed by atoms with Crippen LogP contribution < -0.4 is 11.2 Å². The number of fused-ring (bicyclic) bond motifs is 1. The number of halogens is 3. The number of hydrogen-bond donors (Lipinski definition) is 0. The number of methoxy groups -OCH3 is 1. The van der Waals surface area contributed by atoms with Gasteiger partial charge < -0.3 is 4.74 Å². The first-order valence-electron chi connectivity index (χ1n) is 8.21. The van der Waals surface area contributed by atoms with Crippen molar-refractivity contribution in [1.29, 1.82) is 0 Å². The molecule has 0 radical (unpaired) electrons. The van der Waals surface area contributed by atoms with Gasteiger partial charge in [-0.2, -0.15) is 0 Å². The van der Waals surface area contributed by atoms with E-state index in [-0.39, 0.29) is 22.5 Å². The molecule has 28 heavy (non-hydrogen) atoms. The largest absolute Gasteiger partial charge is 0.467 e. The lowest BCUT2D eigenvalue weighted by molar-refractivity contribution is -0.144. The molecule has 0 aliphatic carbocycles. The average molecular weight is 470 g/mol. The number of ether oxygens (including phenoxy) is 1. The van der Waals surface area contributed by atoms with Crippen LogP contribution in [0.3, 0.4) is 0 Å². The number of carbonyl (C=O) groups excluding carboxylic acids is 1. The summed E-state index contributed by atoms with van der Waals surface area (Å²) in [7, 11) is 1.19. The molecule has 0 aliphatic heterocycles. The lowest BCUT2D eigenvalue weighted by Gasteiger charge is -2.18. The summed E-state index contributed by atoms with van der Waals surface area (Å²) in [5, 5.41) is -0.322. The van der Waals surface area contributed by atoms with Crippen molar-refractivity contribution in [1.82, 2.24) is 9.13 Å². The lowest BCUT2D eigenvalue weighted by atomic mass is 10.2. The summed E-state index contributed by atoms with van der Waals surface area (Å²) in [6.45, 7) is 1.41. The predicted octanol–water partition coefficient (Wildman–Crippen LogP) is 3.50. The van der Waals surface area contributed by atoms with E-state index >= 15 is 0 Å². The van der Waals surface area contributed by atoms with Crippen LogP contribution in [0.25, 0.3) is 10.9 Å². The van der Waals surface area contributed by atoms with Crippen molar-refractivity contribution < 1.29 is 13.9 Å². The summed E-state index contributed by atoms with van der Waals surface area (Å²) in [6.07, 6.45) is 0. The molecule has 0 spiro atoms. The Morgan fingerprint density at radius 1 is 1.25 bits per heavy atom. The van der Waals surface area contributed by atoms with E-state index in [0.29, 0.717) is 5.56 Å². The third-order valence-corrected chi connectivity index (χ3v) is 5.21. The molecule has 3 rings (SSSR count). The monoisotopic (exact) mass is 468 g/mol. The molecule has 0 bridgehead atoms. The van der Waals surface area contributed by atoms with Crippen molar-refractivity contribution in [3.8, 4) is 0 Å². The van der Waals surface area contributed by atoms with Crippen LogP contribution in [-0.2, 0) is 16.1 Å². The minimum absolute atomic E-state index is 0.0426. The maximum atomic E-state index is 14.0. The van der Waals surface area contributed by atoms with E-state index in [9.17, 15) is 18.8 Å². The summed E-state index contributed by atoms with van der Waals surface area (Å²) < 4.78 is 21.6. The number of aromatic nitrogens is 2. The highest BCUT2D eigenvalue weighted by Crippen LogP contribution is 2.22. The Kier molecular flexibility index (Phi) is 5.71. The maximum absolute atomic E-state index is 14.0. The number of rotatable bonds is 4. The molecule has 1 unspecified atom stereocenters. The normalized spacial score (nSPS) is 12.2. The van der Waals surface area contributed by atoms with Crippen LogP contribution in [0.2, 0.25) is 5.02 Å². The molecular formula is C19H15BrClFN2O4. The van der Waals surface area contributed by atoms with Crippen molar-refractivity contribution >= 4 is 44.4 Å². The van der Waals surface area contributed by atoms with E-state index in [1.165, 1.54) is 20.1 Å². The molecule has 0 saturated heterocycles. The van der Waals surface area contributed by atoms with Crippen LogP contribution >= 0.6 is 27.5 Å². The molecule has 0 fully saturated rings. The van der Waals surface area contributed by atoms with E-state index in [1.807, 2.05) is 0 Å². The zero-order valence-electron chi connectivity index (χ0n) is 14.9. The summed E-state index contributed by atoms with van der Waals surface area (Å²) in [4.78, 5) is 38.1. The Morgan fingerprint density at radius 3 is 2.50 bits per heavy atom. The van der Waals surface area contributed by atoms with E-state index in [2.05, 4.69) is 15.9 Å². The van der Waals surface area contributed by atoms with Crippen molar-refractivity contribution in [2.24, 2.45) is 0 Å². The molecular weight excluding hydrogens is 455 g/mol. The van der Waals surface area contributed by atoms with E-state index in [4.69, 9.17) is 16.3 Å². The smallest absolute Gasteiger partial charge is 0.332 e. The quantitative estimate of drug-likeness (QED) is 0.549. The van der Waals surface area contributed by atoms with Crippen LogP contribution in [0.15, 0.2) is 50.5 Å². The predicted molar refractivity (Wildman–Crippen MR) is 107 cm³/mol. The van der Waals surface area contributed by atoms with Crippen molar-refractivity contribution in [2.75, 3.05) is 7.11 Å². The van der Waals surface area contributed by atoms with Crippen LogP contribution in [0.1, 0.15) is 18.5 Å². The van der Waals surface area contributed by atoms with E-state index < -0.39 is 29.1 Å². The summed E-state index contributed by atoms with van der Waals surface area (Å²) in [5.74, 6) is -1.48. The highest BCUT2D eigenvalue weighted by molar-refractivity contribution is 9.10. The highest BCUT2D eigenvalue weighted by atomic mass is 79.9. The van der Waals surface area contributed by atoms with Gasteiger partial charge in [0.2, 0.25) is 0 Å². The molecule has 0 N–H and O–H groups in total. The van der Waals surface area contributed by atoms with Crippen LogP contribution in [0.5, 0.6) is 0 Å². The second kappa shape index (κ2) is 7.89. The summed E-state index contributed by atoms with van der Waals surface area (Å²) >= 11 is 9.17. The first-order valence-corrected chi connectivity index (χ1v) is 9.38. The number of nitrogens with zero attached hydrogens (tertiary/aromatic N) is 2. The minimum Gasteiger partial charge on any atom is -0.467 e. The SMILES string of the molecule is COC(=O)C(C)n1c(=O)n(Cc2ccc(Br)cc2)c(=O)c2cc(F)c(Cl)cc21. The average Bonchev–Trinajstić information content (AvgIpc) is 2.67. The molecule has 0 amide bonds. The molecule has 0 aliphatic rings. The number of esters is 1. The zero-order chi connectivity index (χ0) is 20.6. The second-order valence-corrected chi connectivity index (χ2v) is 7.48. The molecule has 1 atom stereocenters. The first kappa shape index (κ1) is 20.3. The van der Waals surface area contributed by atoms with Crippen LogP contribution in [0, 0.1) is 5.82 Å². The van der Waals surface area contributed by atoms with Crippen molar-refractivity contribution in [3.63, 3.8) is 0 Å². The molecule has 3 aromatic rings. The van der Waals surface area contributed by atoms with Gasteiger partial charge in [0.05, 0.1) is 29.6 Å². The highest BCUT2D eigenvalue weighted by Gasteiger charge is 2.23. The Balaban J connectivity index is 2.34. The molecule has 1 aromatic heterocycles. The van der Waals surface area contributed by atoms with Gasteiger partial charge in [-0.1, -0.05) is 39.7 Å². The third kappa shape index (κ3) is 3.62. The van der Waals surface area contributed by atoms with Crippen molar-refractivity contribution in [3.05, 3.63) is 78.1 Å². The van der Waals surface area contributed by atoms with Crippen molar-refractivity contribution in [2.45, 2.75) is 19.5 Å². The van der Waals surface area contributed by atoms with Gasteiger partial charge in [-0.25, -0.2) is 14.0 Å². The molecule has 0 saturated carbocycles. The van der Waals surface area contributed by atoms with E-state index in [1.54, 1.807) is 24.3 Å². The number of carbonyl (C=O) groups is 1. The van der Waals surface area contributed by atoms with Gasteiger partial charge in [0, 0.05) is 4.47 Å². The molecule has 1 heterocycles. The fourth-order valence-corrected chi connectivity index (χ4v) is 3.36. The van der Waals surface area contributed by atoms with Crippen LogP contribution in [-0.4, -0.2) is 22.2 Å². The Morgan fingerprint density at radius 2 is 1.89 bits per heavy atom. The minimum atomic E-state index is -1.04. The molecule has 146 valence electrons. The lowest BCUT2D eigenvalue weighted by Crippen LogP contribution is -2.42. The van der Waals surface area contributed by atoms with Gasteiger partial charge >= 0.3 is 11.7 Å². The fraction of sp³-hybridized carbons (Fsp3) is 0.211. The number of hydrogen-bond acceptors (Lipinski definition) is 4. The molecule has 9 heteroatoms. The fourth-order valence-electron chi connectivity index (χ4n) is 2.93. The van der Waals surface area contributed by atoms with Gasteiger partial charge in [0.1, 0.15) is 11.9 Å². The van der Waals surface area contributed by atoms with E-state index in [0.717, 1.165) is 19.7 Å². The topological polar surface area (TPSA) is 70.3 Å². The summed E-state index contributed by atoms with van der Waals surface area (Å²) in [6, 6.07) is 8.13. The second-order valence-electron chi connectivity index (χ2n) is 6.15. The zero-order valence-corrected chi connectivity index (χ0v) is 17.3. The van der Waals surface area contributed by atoms with Gasteiger partial charge in [0.25, 0.3) is 5.56 Å². The van der Waals surface area contributed by atoms with Crippen LogP contribution in [0.4, 0.5) is 4.39 Å². The van der Waals surface area contributed by atoms with Gasteiger partial charge in [-0.15, -0.1) is 0 Å². The standard InChI is InChI=1S/C19H15BrClFN2O4/c1-10(18(26)28-2)24-16-8-14(21)15(22)7-13(16)17(25)23(19(24)27)9-11-3-5-12(20)6-4-11/h3-8,10H,9H2,1-2H3. The first-order chi connectivity index (χ1) is 13.2. The Hall–Kier alpha value is -2.45. The van der Waals surface area contributed by atoms with Gasteiger partial charge in [0.15, 0.2) is 0 Å². The molecule has 2 aromatic carbocycles. The van der Waals surface area contributed by atoms with Gasteiger partial charge in [-0.3, -0.25) is 13.9 Å². The number of benzene rings is 2. The Labute approximate surface area is 172 Å².